The van der Waals surface area contributed by atoms with E-state index < -0.39 is 12.0 Å². The van der Waals surface area contributed by atoms with Gasteiger partial charge in [-0.25, -0.2) is 0 Å². The molecular weight excluding hydrogens is 332 g/mol. The molecule has 2 N–H and O–H groups in total. The van der Waals surface area contributed by atoms with E-state index in [9.17, 15) is 4.79 Å². The van der Waals surface area contributed by atoms with Crippen LogP contribution in [0.3, 0.4) is 0 Å². The summed E-state index contributed by atoms with van der Waals surface area (Å²) < 4.78 is 15.9. The number of hydrogen-bond acceptors (Lipinski definition) is 6. The number of ether oxygens (including phenoxy) is 3. The molecule has 1 unspecified atom stereocenters. The minimum absolute atomic E-state index is 0.299. The number of nitriles is 1. The lowest BCUT2D eigenvalue weighted by Gasteiger charge is -2.15. The summed E-state index contributed by atoms with van der Waals surface area (Å²) in [5, 5.41) is 9.04. The number of hydrogen-bond donors (Lipinski definition) is 1. The molecule has 0 saturated carbocycles. The summed E-state index contributed by atoms with van der Waals surface area (Å²) in [4.78, 5) is 11.7. The molecule has 0 amide bonds. The van der Waals surface area contributed by atoms with Gasteiger partial charge in [0.15, 0.2) is 0 Å². The second-order valence-corrected chi connectivity index (χ2v) is 5.62. The van der Waals surface area contributed by atoms with E-state index in [0.717, 1.165) is 16.7 Å². The molecule has 0 bridgehead atoms. The summed E-state index contributed by atoms with van der Waals surface area (Å²) in [5.74, 6) is 0.782. The SMILES string of the molecule is CCOC(=O)C(N)Cc1ccc(-c2ccc(C#N)cc2OC)c(OC)c1. The molecule has 0 fully saturated rings. The number of benzene rings is 2. The first-order chi connectivity index (χ1) is 12.5. The van der Waals surface area contributed by atoms with E-state index in [1.807, 2.05) is 24.3 Å². The lowest BCUT2D eigenvalue weighted by atomic mass is 9.98. The van der Waals surface area contributed by atoms with Crippen molar-refractivity contribution in [2.75, 3.05) is 20.8 Å². The van der Waals surface area contributed by atoms with Crippen molar-refractivity contribution < 1.29 is 19.0 Å². The molecule has 6 nitrogen and oxygen atoms in total. The molecule has 0 aliphatic rings. The molecule has 136 valence electrons. The summed E-state index contributed by atoms with van der Waals surface area (Å²) in [6.45, 7) is 2.04. The molecule has 2 aromatic rings. The van der Waals surface area contributed by atoms with Crippen molar-refractivity contribution in [1.29, 1.82) is 5.26 Å². The molecule has 0 saturated heterocycles. The Kier molecular flexibility index (Phi) is 6.59. The van der Waals surface area contributed by atoms with Crippen molar-refractivity contribution in [3.8, 4) is 28.7 Å². The standard InChI is InChI=1S/C20H22N2O4/c1-4-26-20(23)17(22)9-13-5-7-15(18(10-13)24-2)16-8-6-14(12-21)11-19(16)25-3/h5-8,10-11,17H,4,9,22H2,1-3H3. The summed E-state index contributed by atoms with van der Waals surface area (Å²) in [7, 11) is 3.13. The van der Waals surface area contributed by atoms with Gasteiger partial charge in [0.2, 0.25) is 0 Å². The predicted molar refractivity (Wildman–Crippen MR) is 98.0 cm³/mol. The van der Waals surface area contributed by atoms with Gasteiger partial charge in [-0.2, -0.15) is 5.26 Å². The van der Waals surface area contributed by atoms with E-state index in [4.69, 9.17) is 25.2 Å². The minimum atomic E-state index is -0.727. The molecule has 0 aliphatic heterocycles. The van der Waals surface area contributed by atoms with Crippen molar-refractivity contribution in [3.63, 3.8) is 0 Å². The van der Waals surface area contributed by atoms with E-state index in [1.54, 1.807) is 33.3 Å². The third kappa shape index (κ3) is 4.32. The van der Waals surface area contributed by atoms with Crippen LogP contribution in [0.5, 0.6) is 11.5 Å². The first kappa shape index (κ1) is 19.3. The van der Waals surface area contributed by atoms with Crippen LogP contribution in [0.25, 0.3) is 11.1 Å². The zero-order valence-corrected chi connectivity index (χ0v) is 15.1. The monoisotopic (exact) mass is 354 g/mol. The Morgan fingerprint density at radius 1 is 1.12 bits per heavy atom. The molecular formula is C20H22N2O4. The smallest absolute Gasteiger partial charge is 0.323 e. The lowest BCUT2D eigenvalue weighted by Crippen LogP contribution is -2.34. The summed E-state index contributed by atoms with van der Waals surface area (Å²) in [6.07, 6.45) is 0.347. The summed E-state index contributed by atoms with van der Waals surface area (Å²) in [6, 6.07) is 12.2. The quantitative estimate of drug-likeness (QED) is 0.768. The fourth-order valence-corrected chi connectivity index (χ4v) is 2.65. The van der Waals surface area contributed by atoms with Gasteiger partial charge in [0.05, 0.1) is 32.5 Å². The molecule has 0 aliphatic carbocycles. The third-order valence-electron chi connectivity index (χ3n) is 3.93. The van der Waals surface area contributed by atoms with E-state index >= 15 is 0 Å². The Hall–Kier alpha value is -3.04. The maximum Gasteiger partial charge on any atom is 0.323 e. The number of carbonyl (C=O) groups is 1. The number of nitrogens with two attached hydrogens (primary N) is 1. The molecule has 0 heterocycles. The zero-order valence-electron chi connectivity index (χ0n) is 15.1. The number of nitrogens with zero attached hydrogens (tertiary/aromatic N) is 1. The van der Waals surface area contributed by atoms with Crippen LogP contribution in [0.2, 0.25) is 0 Å². The van der Waals surface area contributed by atoms with Crippen molar-refractivity contribution in [2.24, 2.45) is 5.73 Å². The second kappa shape index (κ2) is 8.88. The minimum Gasteiger partial charge on any atom is -0.496 e. The number of esters is 1. The van der Waals surface area contributed by atoms with Gasteiger partial charge in [-0.3, -0.25) is 4.79 Å². The van der Waals surface area contributed by atoms with E-state index in [2.05, 4.69) is 6.07 Å². The maximum absolute atomic E-state index is 11.7. The molecule has 0 radical (unpaired) electrons. The lowest BCUT2D eigenvalue weighted by molar-refractivity contribution is -0.144. The van der Waals surface area contributed by atoms with Gasteiger partial charge in [0, 0.05) is 11.1 Å². The van der Waals surface area contributed by atoms with Crippen molar-refractivity contribution in [3.05, 3.63) is 47.5 Å². The van der Waals surface area contributed by atoms with Crippen molar-refractivity contribution in [2.45, 2.75) is 19.4 Å². The van der Waals surface area contributed by atoms with Crippen LogP contribution in [0.4, 0.5) is 0 Å². The van der Waals surface area contributed by atoms with E-state index in [-0.39, 0.29) is 0 Å². The molecule has 2 aromatic carbocycles. The van der Waals surface area contributed by atoms with Gasteiger partial charge in [-0.05, 0) is 43.2 Å². The first-order valence-corrected chi connectivity index (χ1v) is 8.21. The van der Waals surface area contributed by atoms with E-state index in [0.29, 0.717) is 30.1 Å². The van der Waals surface area contributed by atoms with E-state index in [1.165, 1.54) is 0 Å². The molecule has 1 atom stereocenters. The average molecular weight is 354 g/mol. The topological polar surface area (TPSA) is 94.6 Å². The van der Waals surface area contributed by atoms with Crippen LogP contribution in [-0.4, -0.2) is 32.8 Å². The Morgan fingerprint density at radius 3 is 2.31 bits per heavy atom. The zero-order chi connectivity index (χ0) is 19.1. The molecule has 2 rings (SSSR count). The van der Waals surface area contributed by atoms with Crippen LogP contribution >= 0.6 is 0 Å². The summed E-state index contributed by atoms with van der Waals surface area (Å²) in [5.41, 5.74) is 8.89. The Labute approximate surface area is 153 Å². The van der Waals surface area contributed by atoms with Gasteiger partial charge in [0.25, 0.3) is 0 Å². The van der Waals surface area contributed by atoms with Crippen molar-refractivity contribution in [1.82, 2.24) is 0 Å². The number of carbonyl (C=O) groups excluding carboxylic acids is 1. The van der Waals surface area contributed by atoms with Gasteiger partial charge < -0.3 is 19.9 Å². The number of rotatable bonds is 7. The first-order valence-electron chi connectivity index (χ1n) is 8.21. The highest BCUT2D eigenvalue weighted by atomic mass is 16.5. The third-order valence-corrected chi connectivity index (χ3v) is 3.93. The van der Waals surface area contributed by atoms with Crippen LogP contribution in [0, 0.1) is 11.3 Å². The highest BCUT2D eigenvalue weighted by Crippen LogP contribution is 2.37. The molecule has 6 heteroatoms. The van der Waals surface area contributed by atoms with Gasteiger partial charge in [-0.1, -0.05) is 12.1 Å². The van der Waals surface area contributed by atoms with Crippen LogP contribution in [0.1, 0.15) is 18.1 Å². The fraction of sp³-hybridized carbons (Fsp3) is 0.300. The Bertz CT molecular complexity index is 827. The highest BCUT2D eigenvalue weighted by Gasteiger charge is 2.17. The van der Waals surface area contributed by atoms with Crippen LogP contribution in [-0.2, 0) is 16.0 Å². The average Bonchev–Trinajstić information content (AvgIpc) is 2.67. The van der Waals surface area contributed by atoms with Crippen LogP contribution < -0.4 is 15.2 Å². The van der Waals surface area contributed by atoms with Gasteiger partial charge in [0.1, 0.15) is 17.5 Å². The predicted octanol–water partition coefficient (Wildman–Crippen LogP) is 2.68. The maximum atomic E-state index is 11.7. The van der Waals surface area contributed by atoms with Crippen molar-refractivity contribution >= 4 is 5.97 Å². The molecule has 0 aromatic heterocycles. The Morgan fingerprint density at radius 2 is 1.73 bits per heavy atom. The van der Waals surface area contributed by atoms with Gasteiger partial charge in [-0.15, -0.1) is 0 Å². The normalized spacial score (nSPS) is 11.3. The Balaban J connectivity index is 2.35. The second-order valence-electron chi connectivity index (χ2n) is 5.62. The van der Waals surface area contributed by atoms with Crippen LogP contribution in [0.15, 0.2) is 36.4 Å². The largest absolute Gasteiger partial charge is 0.496 e. The molecule has 0 spiro atoms. The molecule has 26 heavy (non-hydrogen) atoms. The fourth-order valence-electron chi connectivity index (χ4n) is 2.65. The highest BCUT2D eigenvalue weighted by molar-refractivity contribution is 5.78. The summed E-state index contributed by atoms with van der Waals surface area (Å²) >= 11 is 0. The number of methoxy groups -OCH3 is 2. The van der Waals surface area contributed by atoms with Gasteiger partial charge >= 0.3 is 5.97 Å².